The van der Waals surface area contributed by atoms with Crippen molar-refractivity contribution in [3.63, 3.8) is 0 Å². The molecule has 2 N–H and O–H groups in total. The van der Waals surface area contributed by atoms with Crippen LogP contribution in [-0.2, 0) is 0 Å². The molecule has 0 aliphatic carbocycles. The molecule has 19 heavy (non-hydrogen) atoms. The van der Waals surface area contributed by atoms with Gasteiger partial charge in [-0.25, -0.2) is 9.37 Å². The summed E-state index contributed by atoms with van der Waals surface area (Å²) in [6.07, 6.45) is 1.46. The topological polar surface area (TPSA) is 66.5 Å². The smallest absolute Gasteiger partial charge is 0.226 e. The number of fused-ring (bicyclic) bond motifs is 1. The van der Waals surface area contributed by atoms with E-state index in [1.165, 1.54) is 18.5 Å². The van der Waals surface area contributed by atoms with Gasteiger partial charge < -0.3 is 10.3 Å². The third-order valence-corrected chi connectivity index (χ3v) is 2.85. The van der Waals surface area contributed by atoms with Gasteiger partial charge in [-0.3, -0.25) is 0 Å². The van der Waals surface area contributed by atoms with Gasteiger partial charge in [0.1, 0.15) is 11.3 Å². The fraction of sp³-hybridized carbons (Fsp3) is 0. The van der Waals surface area contributed by atoms with Crippen molar-refractivity contribution in [1.29, 1.82) is 0 Å². The van der Waals surface area contributed by atoms with Gasteiger partial charge in [-0.1, -0.05) is 11.6 Å². The van der Waals surface area contributed by atoms with Crippen LogP contribution in [-0.4, -0.2) is 19.9 Å². The predicted octanol–water partition coefficient (Wildman–Crippen LogP) is 3.54. The minimum absolute atomic E-state index is 0.0245. The molecule has 0 unspecified atom stereocenters. The molecule has 0 aliphatic heterocycles. The molecule has 0 aliphatic rings. The number of benzene rings is 1. The lowest BCUT2D eigenvalue weighted by Gasteiger charge is -2.07. The molecule has 1 aromatic carbocycles. The Bertz CT molecular complexity index is 758. The molecule has 0 saturated heterocycles. The molecule has 3 rings (SSSR count). The van der Waals surface area contributed by atoms with E-state index in [-0.39, 0.29) is 11.0 Å². The quantitative estimate of drug-likeness (QED) is 0.710. The second-order valence-electron chi connectivity index (χ2n) is 3.69. The molecule has 0 radical (unpaired) electrons. The van der Waals surface area contributed by atoms with Crippen LogP contribution in [0.2, 0.25) is 10.3 Å². The lowest BCUT2D eigenvalue weighted by molar-refractivity contribution is 0.632. The highest BCUT2D eigenvalue weighted by Crippen LogP contribution is 2.25. The number of anilines is 2. The fourth-order valence-electron chi connectivity index (χ4n) is 1.62. The second kappa shape index (κ2) is 4.64. The summed E-state index contributed by atoms with van der Waals surface area (Å²) in [6.45, 7) is 0. The van der Waals surface area contributed by atoms with Crippen molar-refractivity contribution in [3.05, 3.63) is 40.6 Å². The van der Waals surface area contributed by atoms with Gasteiger partial charge in [0, 0.05) is 5.02 Å². The molecular formula is C11H6Cl2FN5. The van der Waals surface area contributed by atoms with Gasteiger partial charge in [-0.05, 0) is 29.8 Å². The summed E-state index contributed by atoms with van der Waals surface area (Å²) >= 11 is 11.5. The zero-order valence-corrected chi connectivity index (χ0v) is 10.8. The minimum atomic E-state index is -0.491. The lowest BCUT2D eigenvalue weighted by atomic mass is 10.3. The first kappa shape index (κ1) is 12.1. The average Bonchev–Trinajstić information content (AvgIpc) is 2.80. The van der Waals surface area contributed by atoms with E-state index in [1.807, 2.05) is 0 Å². The Morgan fingerprint density at radius 2 is 2.05 bits per heavy atom. The molecule has 0 fully saturated rings. The number of aromatic amines is 1. The first-order chi connectivity index (χ1) is 9.13. The Labute approximate surface area is 116 Å². The van der Waals surface area contributed by atoms with Gasteiger partial charge in [0.05, 0.1) is 12.0 Å². The van der Waals surface area contributed by atoms with Crippen molar-refractivity contribution in [2.75, 3.05) is 5.32 Å². The van der Waals surface area contributed by atoms with E-state index in [0.29, 0.717) is 22.0 Å². The van der Waals surface area contributed by atoms with E-state index in [1.54, 1.807) is 6.07 Å². The number of nitrogens with one attached hydrogen (secondary N) is 2. The lowest BCUT2D eigenvalue weighted by Crippen LogP contribution is -1.99. The van der Waals surface area contributed by atoms with E-state index < -0.39 is 5.82 Å². The number of hydrogen-bond donors (Lipinski definition) is 2. The Balaban J connectivity index is 2.07. The summed E-state index contributed by atoms with van der Waals surface area (Å²) < 4.78 is 13.7. The Hall–Kier alpha value is -1.92. The van der Waals surface area contributed by atoms with Gasteiger partial charge in [0.2, 0.25) is 5.28 Å². The van der Waals surface area contributed by atoms with Gasteiger partial charge in [0.15, 0.2) is 11.5 Å². The first-order valence-electron chi connectivity index (χ1n) is 5.22. The zero-order chi connectivity index (χ0) is 13.4. The second-order valence-corrected chi connectivity index (χ2v) is 4.47. The molecule has 5 nitrogen and oxygen atoms in total. The number of H-pyrrole nitrogens is 1. The van der Waals surface area contributed by atoms with Crippen LogP contribution in [0, 0.1) is 5.82 Å². The molecule has 0 saturated carbocycles. The molecule has 8 heteroatoms. The molecule has 96 valence electrons. The zero-order valence-electron chi connectivity index (χ0n) is 9.28. The van der Waals surface area contributed by atoms with E-state index in [2.05, 4.69) is 25.3 Å². The molecule has 0 atom stereocenters. The van der Waals surface area contributed by atoms with Crippen LogP contribution in [0.4, 0.5) is 15.9 Å². The summed E-state index contributed by atoms with van der Waals surface area (Å²) in [6, 6.07) is 4.28. The summed E-state index contributed by atoms with van der Waals surface area (Å²) in [5.41, 5.74) is 1.17. The van der Waals surface area contributed by atoms with E-state index >= 15 is 0 Å². The predicted molar refractivity (Wildman–Crippen MR) is 71.4 cm³/mol. The third-order valence-electron chi connectivity index (χ3n) is 2.44. The molecule has 3 aromatic rings. The Morgan fingerprint density at radius 3 is 2.84 bits per heavy atom. The highest BCUT2D eigenvalue weighted by Gasteiger charge is 2.11. The van der Waals surface area contributed by atoms with Gasteiger partial charge in [0.25, 0.3) is 0 Å². The number of hydrogen-bond acceptors (Lipinski definition) is 4. The number of halogens is 3. The van der Waals surface area contributed by atoms with Crippen LogP contribution >= 0.6 is 23.2 Å². The molecule has 2 heterocycles. The van der Waals surface area contributed by atoms with Crippen LogP contribution in [0.3, 0.4) is 0 Å². The highest BCUT2D eigenvalue weighted by molar-refractivity contribution is 6.30. The van der Waals surface area contributed by atoms with E-state index in [0.717, 1.165) is 0 Å². The van der Waals surface area contributed by atoms with E-state index in [4.69, 9.17) is 23.2 Å². The third kappa shape index (κ3) is 2.32. The molecular weight excluding hydrogens is 292 g/mol. The molecule has 2 aromatic heterocycles. The highest BCUT2D eigenvalue weighted by atomic mass is 35.5. The molecule has 0 amide bonds. The Kier molecular flexibility index (Phi) is 2.96. The number of aromatic nitrogens is 4. The Morgan fingerprint density at radius 1 is 1.21 bits per heavy atom. The molecule has 0 bridgehead atoms. The average molecular weight is 298 g/mol. The summed E-state index contributed by atoms with van der Waals surface area (Å²) in [5, 5.41) is 3.17. The van der Waals surface area contributed by atoms with Crippen molar-refractivity contribution in [1.82, 2.24) is 19.9 Å². The van der Waals surface area contributed by atoms with Gasteiger partial charge in [-0.15, -0.1) is 0 Å². The fourth-order valence-corrected chi connectivity index (χ4v) is 1.94. The van der Waals surface area contributed by atoms with E-state index in [9.17, 15) is 4.39 Å². The summed E-state index contributed by atoms with van der Waals surface area (Å²) in [5.74, 6) is -0.149. The van der Waals surface area contributed by atoms with Crippen LogP contribution in [0.5, 0.6) is 0 Å². The van der Waals surface area contributed by atoms with Crippen molar-refractivity contribution in [3.8, 4) is 0 Å². The monoisotopic (exact) mass is 297 g/mol. The van der Waals surface area contributed by atoms with Crippen molar-refractivity contribution in [2.24, 2.45) is 0 Å². The number of rotatable bonds is 2. The van der Waals surface area contributed by atoms with Crippen molar-refractivity contribution < 1.29 is 4.39 Å². The normalized spacial score (nSPS) is 10.9. The van der Waals surface area contributed by atoms with Crippen molar-refractivity contribution >= 4 is 45.9 Å². The standard InChI is InChI=1S/C11H6Cl2FN5/c12-5-1-2-7(6(14)3-5)17-10-8-9(16-4-15-8)18-11(13)19-10/h1-4H,(H2,15,16,17,18,19). The SMILES string of the molecule is Fc1cc(Cl)ccc1Nc1nc(Cl)nc2nc[nH]c12. The maximum absolute atomic E-state index is 13.7. The maximum Gasteiger partial charge on any atom is 0.226 e. The van der Waals surface area contributed by atoms with Crippen LogP contribution < -0.4 is 5.32 Å². The largest absolute Gasteiger partial charge is 0.340 e. The van der Waals surface area contributed by atoms with Crippen LogP contribution in [0.15, 0.2) is 24.5 Å². The minimum Gasteiger partial charge on any atom is -0.340 e. The van der Waals surface area contributed by atoms with Gasteiger partial charge in [-0.2, -0.15) is 9.97 Å². The maximum atomic E-state index is 13.7. The molecule has 0 spiro atoms. The first-order valence-corrected chi connectivity index (χ1v) is 5.98. The van der Waals surface area contributed by atoms with Crippen LogP contribution in [0.25, 0.3) is 11.2 Å². The van der Waals surface area contributed by atoms with Gasteiger partial charge >= 0.3 is 0 Å². The summed E-state index contributed by atoms with van der Waals surface area (Å²) in [7, 11) is 0. The number of imidazole rings is 1. The number of nitrogens with zero attached hydrogens (tertiary/aromatic N) is 3. The summed E-state index contributed by atoms with van der Waals surface area (Å²) in [4.78, 5) is 14.8. The van der Waals surface area contributed by atoms with Crippen molar-refractivity contribution in [2.45, 2.75) is 0 Å². The van der Waals surface area contributed by atoms with Crippen LogP contribution in [0.1, 0.15) is 0 Å².